The van der Waals surface area contributed by atoms with Gasteiger partial charge < -0.3 is 4.90 Å². The molecule has 2 amide bonds. The summed E-state index contributed by atoms with van der Waals surface area (Å²) in [6, 6.07) is 2.08. The van der Waals surface area contributed by atoms with Crippen molar-refractivity contribution < 1.29 is 9.59 Å². The lowest BCUT2D eigenvalue weighted by atomic mass is 9.89. The van der Waals surface area contributed by atoms with Gasteiger partial charge in [0.25, 0.3) is 11.8 Å². The van der Waals surface area contributed by atoms with Crippen molar-refractivity contribution in [3.05, 3.63) is 27.3 Å². The summed E-state index contributed by atoms with van der Waals surface area (Å²) in [4.78, 5) is 36.7. The highest BCUT2D eigenvalue weighted by atomic mass is 32.1. The number of carbonyl (C=O) groups is 2. The van der Waals surface area contributed by atoms with Gasteiger partial charge in [-0.3, -0.25) is 14.5 Å². The molecule has 1 aliphatic rings. The van der Waals surface area contributed by atoms with Crippen LogP contribution in [0.5, 0.6) is 0 Å². The number of hydrogen-bond acceptors (Lipinski definition) is 6. The number of hydrogen-bond donors (Lipinski definition) is 0. The van der Waals surface area contributed by atoms with Gasteiger partial charge >= 0.3 is 0 Å². The van der Waals surface area contributed by atoms with E-state index in [0.29, 0.717) is 35.9 Å². The first kappa shape index (κ1) is 35.7. The largest absolute Gasteiger partial charge is 0.348 e. The lowest BCUT2D eigenvalue weighted by Crippen LogP contribution is -2.43. The number of carbonyl (C=O) groups excluding carboxylic acids is 2. The number of nitrogens with zero attached hydrogens (tertiary/aromatic N) is 4. The van der Waals surface area contributed by atoms with E-state index in [-0.39, 0.29) is 16.9 Å². The van der Waals surface area contributed by atoms with Crippen LogP contribution in [0.15, 0.2) is 16.7 Å². The van der Waals surface area contributed by atoms with E-state index in [2.05, 4.69) is 59.4 Å². The Labute approximate surface area is 260 Å². The fourth-order valence-electron chi connectivity index (χ4n) is 5.56. The van der Waals surface area contributed by atoms with Gasteiger partial charge in [-0.1, -0.05) is 112 Å². The first-order chi connectivity index (χ1) is 20.0. The van der Waals surface area contributed by atoms with Crippen molar-refractivity contribution in [1.82, 2.24) is 9.88 Å². The van der Waals surface area contributed by atoms with Crippen LogP contribution in [-0.2, 0) is 15.0 Å². The summed E-state index contributed by atoms with van der Waals surface area (Å²) in [7, 11) is 0. The van der Waals surface area contributed by atoms with Crippen molar-refractivity contribution in [3.8, 4) is 6.07 Å². The minimum Gasteiger partial charge on any atom is -0.348 e. The monoisotopic (exact) mass is 596 g/mol. The van der Waals surface area contributed by atoms with Crippen LogP contribution in [-0.4, -0.2) is 41.3 Å². The smallest absolute Gasteiger partial charge is 0.271 e. The lowest BCUT2D eigenvalue weighted by molar-refractivity contribution is -0.140. The third-order valence-electron chi connectivity index (χ3n) is 8.50. The first-order valence-corrected chi connectivity index (χ1v) is 17.2. The highest BCUT2D eigenvalue weighted by Crippen LogP contribution is 2.38. The van der Waals surface area contributed by atoms with Gasteiger partial charge in [-0.25, -0.2) is 4.98 Å². The number of thiazole rings is 1. The minimum absolute atomic E-state index is 0.0593. The third kappa shape index (κ3) is 9.27. The number of amides is 2. The molecule has 1 aromatic rings. The van der Waals surface area contributed by atoms with E-state index in [0.717, 1.165) is 48.1 Å². The number of unbranched alkanes of at least 4 members (excludes halogenated alkanes) is 3. The van der Waals surface area contributed by atoms with Crippen LogP contribution >= 0.6 is 11.3 Å². The van der Waals surface area contributed by atoms with Crippen LogP contribution in [0.25, 0.3) is 6.08 Å². The number of nitriles is 1. The second-order valence-corrected chi connectivity index (χ2v) is 14.0. The molecule has 2 atom stereocenters. The Bertz CT molecular complexity index is 1130. The van der Waals surface area contributed by atoms with Gasteiger partial charge in [0.05, 0.1) is 10.6 Å². The highest BCUT2D eigenvalue weighted by Gasteiger charge is 2.36. The molecule has 234 valence electrons. The van der Waals surface area contributed by atoms with E-state index in [4.69, 9.17) is 4.98 Å². The topological polar surface area (TPSA) is 77.3 Å². The summed E-state index contributed by atoms with van der Waals surface area (Å²) >= 11 is 1.65. The molecule has 2 heterocycles. The first-order valence-electron chi connectivity index (χ1n) is 16.4. The van der Waals surface area contributed by atoms with Crippen LogP contribution in [0, 0.1) is 23.2 Å². The van der Waals surface area contributed by atoms with Gasteiger partial charge in [0.2, 0.25) is 0 Å². The van der Waals surface area contributed by atoms with Crippen LogP contribution < -0.4 is 4.90 Å². The SMILES string of the molecule is CCCCC(CC)CN(CC(CC)CCCC)c1nc(C(C)(C)C)c(/C=C2\C(=O)N(CCCC)C(=O)C(C#N)=C2C)s1. The van der Waals surface area contributed by atoms with Crippen LogP contribution in [0.3, 0.4) is 0 Å². The average molecular weight is 597 g/mol. The third-order valence-corrected chi connectivity index (χ3v) is 9.57. The Kier molecular flexibility index (Phi) is 14.5. The summed E-state index contributed by atoms with van der Waals surface area (Å²) < 4.78 is 0. The number of aromatic nitrogens is 1. The number of imide groups is 1. The molecule has 2 rings (SSSR count). The fourth-order valence-corrected chi connectivity index (χ4v) is 6.80. The maximum atomic E-state index is 13.7. The van der Waals surface area contributed by atoms with E-state index in [1.54, 1.807) is 18.3 Å². The maximum Gasteiger partial charge on any atom is 0.271 e. The summed E-state index contributed by atoms with van der Waals surface area (Å²) in [5, 5.41) is 10.8. The second-order valence-electron chi connectivity index (χ2n) is 13.0. The normalized spacial score (nSPS) is 16.8. The average Bonchev–Trinajstić information content (AvgIpc) is 3.39. The van der Waals surface area contributed by atoms with E-state index in [1.807, 2.05) is 13.0 Å². The molecule has 2 unspecified atom stereocenters. The Morgan fingerprint density at radius 2 is 1.48 bits per heavy atom. The van der Waals surface area contributed by atoms with E-state index in [9.17, 15) is 14.9 Å². The van der Waals surface area contributed by atoms with Gasteiger partial charge in [0.1, 0.15) is 11.6 Å². The van der Waals surface area contributed by atoms with E-state index >= 15 is 0 Å². The number of rotatable bonds is 17. The van der Waals surface area contributed by atoms with Gasteiger partial charge in [-0.2, -0.15) is 5.26 Å². The fraction of sp³-hybridized carbons (Fsp3) is 0.714. The molecule has 0 saturated heterocycles. The minimum atomic E-state index is -0.479. The lowest BCUT2D eigenvalue weighted by Gasteiger charge is -2.30. The quantitative estimate of drug-likeness (QED) is 0.132. The zero-order valence-electron chi connectivity index (χ0n) is 27.9. The molecule has 7 heteroatoms. The van der Waals surface area contributed by atoms with E-state index < -0.39 is 5.91 Å². The maximum absolute atomic E-state index is 13.7. The molecule has 0 N–H and O–H groups in total. The predicted octanol–water partition coefficient (Wildman–Crippen LogP) is 9.07. The molecule has 0 saturated carbocycles. The molecule has 0 aliphatic carbocycles. The van der Waals surface area contributed by atoms with Crippen LogP contribution in [0.2, 0.25) is 0 Å². The summed E-state index contributed by atoms with van der Waals surface area (Å²) in [6.45, 7) is 21.6. The van der Waals surface area contributed by atoms with E-state index in [1.165, 1.54) is 43.4 Å². The molecule has 0 bridgehead atoms. The van der Waals surface area contributed by atoms with Gasteiger partial charge in [-0.05, 0) is 49.7 Å². The Morgan fingerprint density at radius 3 is 1.93 bits per heavy atom. The Balaban J connectivity index is 2.67. The Hall–Kier alpha value is -2.46. The Morgan fingerprint density at radius 1 is 0.929 bits per heavy atom. The molecule has 0 radical (unpaired) electrons. The molecular weight excluding hydrogens is 540 g/mol. The van der Waals surface area contributed by atoms with Crippen molar-refractivity contribution in [1.29, 1.82) is 5.26 Å². The van der Waals surface area contributed by atoms with Crippen molar-refractivity contribution in [3.63, 3.8) is 0 Å². The van der Waals surface area contributed by atoms with Crippen LogP contribution in [0.1, 0.15) is 137 Å². The molecule has 42 heavy (non-hydrogen) atoms. The molecule has 0 fully saturated rings. The van der Waals surface area contributed by atoms with Crippen molar-refractivity contribution >= 4 is 34.4 Å². The van der Waals surface area contributed by atoms with Gasteiger partial charge in [0, 0.05) is 30.6 Å². The van der Waals surface area contributed by atoms with Crippen molar-refractivity contribution in [2.45, 2.75) is 132 Å². The second kappa shape index (κ2) is 17.0. The van der Waals surface area contributed by atoms with Gasteiger partial charge in [0.15, 0.2) is 5.13 Å². The summed E-state index contributed by atoms with van der Waals surface area (Å²) in [5.74, 6) is 0.429. The molecule has 0 aromatic carbocycles. The molecule has 1 aromatic heterocycles. The molecule has 0 spiro atoms. The highest BCUT2D eigenvalue weighted by molar-refractivity contribution is 7.16. The van der Waals surface area contributed by atoms with Crippen molar-refractivity contribution in [2.75, 3.05) is 24.5 Å². The summed E-state index contributed by atoms with van der Waals surface area (Å²) in [6.07, 6.45) is 13.1. The zero-order chi connectivity index (χ0) is 31.4. The summed E-state index contributed by atoms with van der Waals surface area (Å²) in [5.41, 5.74) is 1.67. The van der Waals surface area contributed by atoms with Gasteiger partial charge in [-0.15, -0.1) is 0 Å². The van der Waals surface area contributed by atoms with Crippen LogP contribution in [0.4, 0.5) is 5.13 Å². The standard InChI is InChI=1S/C35H56N4O2S/c1-10-15-18-26(13-4)23-38(24-27(14-5)19-16-11-2)34-37-31(35(7,8)9)30(42-34)21-28-25(6)29(22-36)33(41)39(32(28)40)20-17-12-3/h21,26-27H,10-20,23-24H2,1-9H3/b28-21-. The predicted molar refractivity (Wildman–Crippen MR) is 178 cm³/mol. The molecular formula is C35H56N4O2S. The molecule has 1 aliphatic heterocycles. The van der Waals surface area contributed by atoms with Crippen molar-refractivity contribution in [2.24, 2.45) is 11.8 Å². The zero-order valence-corrected chi connectivity index (χ0v) is 28.8. The molecule has 6 nitrogen and oxygen atoms in total. The number of anilines is 1.